The fourth-order valence-corrected chi connectivity index (χ4v) is 4.02. The lowest BCUT2D eigenvalue weighted by Crippen LogP contribution is -2.46. The van der Waals surface area contributed by atoms with E-state index in [2.05, 4.69) is 21.8 Å². The molecule has 1 fully saturated rings. The monoisotopic (exact) mass is 409 g/mol. The SMILES string of the molecule is CCOC(=O)c1c(C)[nH]c2c1cc(OC(=O)CN1CCN(C)CC1)c1ccccc12. The second-order valence-corrected chi connectivity index (χ2v) is 7.74. The van der Waals surface area contributed by atoms with Gasteiger partial charge in [0.2, 0.25) is 0 Å². The maximum Gasteiger partial charge on any atom is 0.340 e. The number of aromatic nitrogens is 1. The summed E-state index contributed by atoms with van der Waals surface area (Å²) in [6.45, 7) is 7.73. The van der Waals surface area contributed by atoms with Gasteiger partial charge in [-0.2, -0.15) is 0 Å². The second kappa shape index (κ2) is 8.45. The Balaban J connectivity index is 1.70. The Labute approximate surface area is 175 Å². The molecule has 1 aliphatic heterocycles. The highest BCUT2D eigenvalue weighted by atomic mass is 16.5. The van der Waals surface area contributed by atoms with Crippen LogP contribution in [0.5, 0.6) is 5.75 Å². The van der Waals surface area contributed by atoms with Crippen molar-refractivity contribution in [3.05, 3.63) is 41.6 Å². The molecule has 0 spiro atoms. The minimum absolute atomic E-state index is 0.247. The van der Waals surface area contributed by atoms with E-state index < -0.39 is 0 Å². The number of likely N-dealkylation sites (N-methyl/N-ethyl adjacent to an activating group) is 1. The van der Waals surface area contributed by atoms with Crippen molar-refractivity contribution in [2.75, 3.05) is 46.4 Å². The van der Waals surface area contributed by atoms with Crippen molar-refractivity contribution in [1.82, 2.24) is 14.8 Å². The molecule has 1 aromatic heterocycles. The molecule has 7 nitrogen and oxygen atoms in total. The van der Waals surface area contributed by atoms with Gasteiger partial charge in [0.05, 0.1) is 24.2 Å². The van der Waals surface area contributed by atoms with Gasteiger partial charge < -0.3 is 19.4 Å². The number of benzene rings is 2. The van der Waals surface area contributed by atoms with E-state index in [1.54, 1.807) is 13.0 Å². The normalized spacial score (nSPS) is 15.6. The molecular formula is C23H27N3O4. The molecule has 0 saturated carbocycles. The summed E-state index contributed by atoms with van der Waals surface area (Å²) in [7, 11) is 2.08. The minimum atomic E-state index is -0.383. The molecule has 4 rings (SSSR count). The summed E-state index contributed by atoms with van der Waals surface area (Å²) in [4.78, 5) is 32.9. The number of carbonyl (C=O) groups excluding carboxylic acids is 2. The first-order chi connectivity index (χ1) is 14.5. The molecule has 1 saturated heterocycles. The zero-order chi connectivity index (χ0) is 21.3. The Hall–Kier alpha value is -2.90. The van der Waals surface area contributed by atoms with E-state index in [9.17, 15) is 9.59 Å². The molecule has 0 radical (unpaired) electrons. The lowest BCUT2D eigenvalue weighted by molar-refractivity contribution is -0.135. The van der Waals surface area contributed by atoms with Gasteiger partial charge in [-0.05, 0) is 27.0 Å². The number of H-pyrrole nitrogens is 1. The average molecular weight is 409 g/mol. The minimum Gasteiger partial charge on any atom is -0.462 e. The molecule has 0 aliphatic carbocycles. The summed E-state index contributed by atoms with van der Waals surface area (Å²) >= 11 is 0. The van der Waals surface area contributed by atoms with Gasteiger partial charge in [0, 0.05) is 48.0 Å². The molecular weight excluding hydrogens is 382 g/mol. The zero-order valence-electron chi connectivity index (χ0n) is 17.7. The van der Waals surface area contributed by atoms with Crippen molar-refractivity contribution < 1.29 is 19.1 Å². The van der Waals surface area contributed by atoms with Crippen LogP contribution in [-0.4, -0.2) is 73.1 Å². The Morgan fingerprint density at radius 1 is 1.07 bits per heavy atom. The number of esters is 2. The van der Waals surface area contributed by atoms with Gasteiger partial charge in [0.25, 0.3) is 0 Å². The number of aromatic amines is 1. The Morgan fingerprint density at radius 3 is 2.47 bits per heavy atom. The molecule has 0 unspecified atom stereocenters. The van der Waals surface area contributed by atoms with Crippen molar-refractivity contribution in [2.45, 2.75) is 13.8 Å². The third-order valence-corrected chi connectivity index (χ3v) is 5.62. The Kier molecular flexibility index (Phi) is 5.74. The largest absolute Gasteiger partial charge is 0.462 e. The summed E-state index contributed by atoms with van der Waals surface area (Å²) in [5, 5.41) is 2.43. The van der Waals surface area contributed by atoms with Crippen LogP contribution in [0.4, 0.5) is 0 Å². The van der Waals surface area contributed by atoms with Gasteiger partial charge in [0.15, 0.2) is 0 Å². The van der Waals surface area contributed by atoms with E-state index in [1.807, 2.05) is 31.2 Å². The van der Waals surface area contributed by atoms with Crippen LogP contribution in [0.1, 0.15) is 23.0 Å². The molecule has 158 valence electrons. The van der Waals surface area contributed by atoms with E-state index >= 15 is 0 Å². The molecule has 0 atom stereocenters. The van der Waals surface area contributed by atoms with E-state index in [4.69, 9.17) is 9.47 Å². The van der Waals surface area contributed by atoms with Crippen LogP contribution < -0.4 is 4.74 Å². The zero-order valence-corrected chi connectivity index (χ0v) is 17.7. The molecule has 30 heavy (non-hydrogen) atoms. The van der Waals surface area contributed by atoms with Crippen LogP contribution in [0, 0.1) is 6.92 Å². The van der Waals surface area contributed by atoms with E-state index in [1.165, 1.54) is 0 Å². The van der Waals surface area contributed by atoms with Gasteiger partial charge in [-0.15, -0.1) is 0 Å². The fourth-order valence-electron chi connectivity index (χ4n) is 4.02. The predicted octanol–water partition coefficient (Wildman–Crippen LogP) is 2.96. The molecule has 0 amide bonds. The second-order valence-electron chi connectivity index (χ2n) is 7.74. The average Bonchev–Trinajstić information content (AvgIpc) is 3.06. The number of carbonyl (C=O) groups is 2. The number of nitrogens with one attached hydrogen (secondary N) is 1. The summed E-state index contributed by atoms with van der Waals surface area (Å²) in [5.41, 5.74) is 2.05. The third kappa shape index (κ3) is 3.91. The number of aryl methyl sites for hydroxylation is 1. The Bertz CT molecular complexity index is 1100. The Morgan fingerprint density at radius 2 is 1.77 bits per heavy atom. The molecule has 1 aliphatic rings. The van der Waals surface area contributed by atoms with Crippen LogP contribution >= 0.6 is 0 Å². The number of nitrogens with zero attached hydrogens (tertiary/aromatic N) is 2. The van der Waals surface area contributed by atoms with Crippen LogP contribution in [0.2, 0.25) is 0 Å². The van der Waals surface area contributed by atoms with Crippen molar-refractivity contribution in [1.29, 1.82) is 0 Å². The van der Waals surface area contributed by atoms with Crippen molar-refractivity contribution in [3.63, 3.8) is 0 Å². The van der Waals surface area contributed by atoms with Crippen LogP contribution in [-0.2, 0) is 9.53 Å². The van der Waals surface area contributed by atoms with Crippen molar-refractivity contribution in [3.8, 4) is 5.75 Å². The molecule has 3 aromatic rings. The van der Waals surface area contributed by atoms with Gasteiger partial charge in [-0.3, -0.25) is 9.69 Å². The van der Waals surface area contributed by atoms with Crippen LogP contribution in [0.15, 0.2) is 30.3 Å². The van der Waals surface area contributed by atoms with E-state index in [0.717, 1.165) is 48.2 Å². The quantitative estimate of drug-likeness (QED) is 0.516. The first kappa shape index (κ1) is 20.4. The highest BCUT2D eigenvalue weighted by molar-refractivity contribution is 6.16. The van der Waals surface area contributed by atoms with Crippen molar-refractivity contribution in [2.24, 2.45) is 0 Å². The van der Waals surface area contributed by atoms with E-state index in [0.29, 0.717) is 23.3 Å². The van der Waals surface area contributed by atoms with Crippen LogP contribution in [0.3, 0.4) is 0 Å². The summed E-state index contributed by atoms with van der Waals surface area (Å²) in [5.74, 6) is -0.220. The number of ether oxygens (including phenoxy) is 2. The van der Waals surface area contributed by atoms with Gasteiger partial charge in [-0.1, -0.05) is 24.3 Å². The molecule has 0 bridgehead atoms. The highest BCUT2D eigenvalue weighted by Crippen LogP contribution is 2.36. The number of fused-ring (bicyclic) bond motifs is 3. The number of hydrogen-bond donors (Lipinski definition) is 1. The lowest BCUT2D eigenvalue weighted by Gasteiger charge is -2.31. The maximum absolute atomic E-state index is 12.7. The van der Waals surface area contributed by atoms with Crippen molar-refractivity contribution >= 4 is 33.6 Å². The molecule has 1 N–H and O–H groups in total. The van der Waals surface area contributed by atoms with E-state index in [-0.39, 0.29) is 18.5 Å². The topological polar surface area (TPSA) is 74.9 Å². The third-order valence-electron chi connectivity index (χ3n) is 5.62. The first-order valence-electron chi connectivity index (χ1n) is 10.3. The predicted molar refractivity (Wildman–Crippen MR) is 116 cm³/mol. The first-order valence-corrected chi connectivity index (χ1v) is 10.3. The van der Waals surface area contributed by atoms with Gasteiger partial charge >= 0.3 is 11.9 Å². The van der Waals surface area contributed by atoms with Gasteiger partial charge in [0.1, 0.15) is 5.75 Å². The maximum atomic E-state index is 12.7. The summed E-state index contributed by atoms with van der Waals surface area (Å²) in [6, 6.07) is 9.49. The molecule has 7 heteroatoms. The highest BCUT2D eigenvalue weighted by Gasteiger charge is 2.22. The smallest absolute Gasteiger partial charge is 0.340 e. The summed E-state index contributed by atoms with van der Waals surface area (Å²) < 4.78 is 11.0. The van der Waals surface area contributed by atoms with Gasteiger partial charge in [-0.25, -0.2) is 4.79 Å². The summed E-state index contributed by atoms with van der Waals surface area (Å²) in [6.07, 6.45) is 0. The molecule has 2 heterocycles. The lowest BCUT2D eigenvalue weighted by atomic mass is 10.0. The molecule has 2 aromatic carbocycles. The fraction of sp³-hybridized carbons (Fsp3) is 0.391. The number of hydrogen-bond acceptors (Lipinski definition) is 6. The van der Waals surface area contributed by atoms with Crippen LogP contribution in [0.25, 0.3) is 21.7 Å². The number of rotatable bonds is 5. The number of piperazine rings is 1. The standard InChI is InChI=1S/C23H27N3O4/c1-4-29-23(28)21-15(2)24-22-17-8-6-5-7-16(17)19(13-18(21)22)30-20(27)14-26-11-9-25(3)10-12-26/h5-8,13,24H,4,9-12,14H2,1-3H3.